The van der Waals surface area contributed by atoms with Gasteiger partial charge in [-0.15, -0.1) is 0 Å². The molecule has 0 saturated carbocycles. The van der Waals surface area contributed by atoms with Crippen molar-refractivity contribution in [2.45, 2.75) is 19.9 Å². The molecule has 20 heavy (non-hydrogen) atoms. The van der Waals surface area contributed by atoms with Crippen molar-refractivity contribution in [3.8, 4) is 0 Å². The van der Waals surface area contributed by atoms with Gasteiger partial charge in [0, 0.05) is 12.2 Å². The predicted molar refractivity (Wildman–Crippen MR) is 73.9 cm³/mol. The van der Waals surface area contributed by atoms with E-state index in [2.05, 4.69) is 5.32 Å². The van der Waals surface area contributed by atoms with Gasteiger partial charge >= 0.3 is 12.0 Å². The molecule has 1 unspecified atom stereocenters. The summed E-state index contributed by atoms with van der Waals surface area (Å²) in [4.78, 5) is 24.6. The van der Waals surface area contributed by atoms with Gasteiger partial charge in [0.05, 0.1) is 13.2 Å². The predicted octanol–water partition coefficient (Wildman–Crippen LogP) is 1.62. The van der Waals surface area contributed by atoms with E-state index in [-0.39, 0.29) is 13.2 Å². The average Bonchev–Trinajstić information content (AvgIpc) is 2.41. The van der Waals surface area contributed by atoms with Gasteiger partial charge in [0.1, 0.15) is 0 Å². The van der Waals surface area contributed by atoms with Crippen LogP contribution in [0.4, 0.5) is 10.5 Å². The van der Waals surface area contributed by atoms with Crippen LogP contribution in [0.3, 0.4) is 0 Å². The molecule has 2 amide bonds. The first-order chi connectivity index (χ1) is 9.49. The van der Waals surface area contributed by atoms with Gasteiger partial charge in [0.25, 0.3) is 0 Å². The number of ether oxygens (including phenoxy) is 1. The Morgan fingerprint density at radius 1 is 1.40 bits per heavy atom. The summed E-state index contributed by atoms with van der Waals surface area (Å²) in [5.41, 5.74) is 2.74. The highest BCUT2D eigenvalue weighted by Gasteiger charge is 2.32. The van der Waals surface area contributed by atoms with Gasteiger partial charge in [-0.3, -0.25) is 0 Å². The lowest BCUT2D eigenvalue weighted by Gasteiger charge is -2.32. The van der Waals surface area contributed by atoms with Crippen LogP contribution in [-0.4, -0.2) is 47.8 Å². The van der Waals surface area contributed by atoms with E-state index >= 15 is 0 Å². The molecule has 1 aromatic carbocycles. The highest BCUT2D eigenvalue weighted by atomic mass is 16.5. The molecule has 2 N–H and O–H groups in total. The van der Waals surface area contributed by atoms with Crippen LogP contribution in [0.5, 0.6) is 0 Å². The Kier molecular flexibility index (Phi) is 4.24. The zero-order chi connectivity index (χ0) is 14.7. The Hall–Kier alpha value is -2.08. The maximum atomic E-state index is 12.2. The van der Waals surface area contributed by atoms with E-state index < -0.39 is 18.0 Å². The molecule has 2 rings (SSSR count). The number of carboxylic acid groups (broad SMARTS) is 1. The lowest BCUT2D eigenvalue weighted by molar-refractivity contribution is -0.147. The van der Waals surface area contributed by atoms with Gasteiger partial charge in [-0.2, -0.15) is 0 Å². The monoisotopic (exact) mass is 278 g/mol. The van der Waals surface area contributed by atoms with Crippen molar-refractivity contribution in [3.05, 3.63) is 29.3 Å². The van der Waals surface area contributed by atoms with Crippen molar-refractivity contribution in [1.29, 1.82) is 0 Å². The summed E-state index contributed by atoms with van der Waals surface area (Å²) in [5, 5.41) is 11.9. The molecule has 0 aliphatic carbocycles. The minimum Gasteiger partial charge on any atom is -0.480 e. The lowest BCUT2D eigenvalue weighted by atomic mass is 10.1. The Morgan fingerprint density at radius 2 is 2.15 bits per heavy atom. The molecule has 1 aliphatic heterocycles. The number of benzene rings is 1. The second-order valence-corrected chi connectivity index (χ2v) is 4.87. The summed E-state index contributed by atoms with van der Waals surface area (Å²) in [5.74, 6) is -1.06. The molecule has 6 nitrogen and oxygen atoms in total. The number of rotatable bonds is 2. The minimum absolute atomic E-state index is 0.0234. The minimum atomic E-state index is -1.06. The van der Waals surface area contributed by atoms with Gasteiger partial charge < -0.3 is 20.1 Å². The number of anilines is 1. The average molecular weight is 278 g/mol. The van der Waals surface area contributed by atoms with E-state index in [0.29, 0.717) is 12.3 Å². The van der Waals surface area contributed by atoms with Crippen LogP contribution < -0.4 is 5.32 Å². The number of hydrogen-bond acceptors (Lipinski definition) is 3. The summed E-state index contributed by atoms with van der Waals surface area (Å²) in [7, 11) is 0. The van der Waals surface area contributed by atoms with Crippen molar-refractivity contribution in [3.63, 3.8) is 0 Å². The van der Waals surface area contributed by atoms with Crippen LogP contribution in [0, 0.1) is 13.8 Å². The first-order valence-corrected chi connectivity index (χ1v) is 6.44. The van der Waals surface area contributed by atoms with Crippen LogP contribution in [0.1, 0.15) is 11.1 Å². The second-order valence-electron chi connectivity index (χ2n) is 4.87. The molecule has 0 bridgehead atoms. The van der Waals surface area contributed by atoms with E-state index in [0.717, 1.165) is 11.1 Å². The quantitative estimate of drug-likeness (QED) is 0.861. The molecule has 1 aromatic rings. The number of amides is 2. The molecule has 1 saturated heterocycles. The van der Waals surface area contributed by atoms with Crippen molar-refractivity contribution in [1.82, 2.24) is 4.90 Å². The fourth-order valence-corrected chi connectivity index (χ4v) is 2.19. The zero-order valence-electron chi connectivity index (χ0n) is 11.5. The lowest BCUT2D eigenvalue weighted by Crippen LogP contribution is -2.54. The third-order valence-electron chi connectivity index (χ3n) is 3.30. The maximum Gasteiger partial charge on any atom is 0.328 e. The van der Waals surface area contributed by atoms with Gasteiger partial charge in [-0.1, -0.05) is 17.7 Å². The fourth-order valence-electron chi connectivity index (χ4n) is 2.19. The largest absolute Gasteiger partial charge is 0.480 e. The van der Waals surface area contributed by atoms with E-state index in [4.69, 9.17) is 9.84 Å². The topological polar surface area (TPSA) is 78.9 Å². The third kappa shape index (κ3) is 3.08. The Bertz CT molecular complexity index is 530. The number of hydrogen-bond donors (Lipinski definition) is 2. The number of carbonyl (C=O) groups excluding carboxylic acids is 1. The van der Waals surface area contributed by atoms with Crippen LogP contribution in [0.2, 0.25) is 0 Å². The molecule has 1 atom stereocenters. The molecular formula is C14H18N2O4. The van der Waals surface area contributed by atoms with Crippen LogP contribution >= 0.6 is 0 Å². The molecule has 0 aromatic heterocycles. The summed E-state index contributed by atoms with van der Waals surface area (Å²) in [6, 6.07) is 4.33. The molecule has 1 heterocycles. The van der Waals surface area contributed by atoms with Gasteiger partial charge in [-0.25, -0.2) is 9.59 Å². The van der Waals surface area contributed by atoms with Gasteiger partial charge in [0.2, 0.25) is 0 Å². The summed E-state index contributed by atoms with van der Waals surface area (Å²) >= 11 is 0. The number of aryl methyl sites for hydroxylation is 2. The molecule has 0 spiro atoms. The number of urea groups is 1. The van der Waals surface area contributed by atoms with Crippen LogP contribution in [-0.2, 0) is 9.53 Å². The van der Waals surface area contributed by atoms with Crippen molar-refractivity contribution >= 4 is 17.7 Å². The SMILES string of the molecule is Cc1ccc(NC(=O)N2CCOCC2C(=O)O)c(C)c1. The number of carboxylic acids is 1. The number of nitrogens with one attached hydrogen (secondary N) is 1. The summed E-state index contributed by atoms with van der Waals surface area (Å²) in [6.07, 6.45) is 0. The van der Waals surface area contributed by atoms with Crippen molar-refractivity contribution in [2.24, 2.45) is 0 Å². The van der Waals surface area contributed by atoms with E-state index in [9.17, 15) is 9.59 Å². The second kappa shape index (κ2) is 5.92. The number of aliphatic carboxylic acids is 1. The smallest absolute Gasteiger partial charge is 0.328 e. The van der Waals surface area contributed by atoms with Crippen LogP contribution in [0.15, 0.2) is 18.2 Å². The van der Waals surface area contributed by atoms with Crippen molar-refractivity contribution < 1.29 is 19.4 Å². The Morgan fingerprint density at radius 3 is 2.80 bits per heavy atom. The molecular weight excluding hydrogens is 260 g/mol. The number of carbonyl (C=O) groups is 2. The number of nitrogens with zero attached hydrogens (tertiary/aromatic N) is 1. The summed E-state index contributed by atoms with van der Waals surface area (Å²) in [6.45, 7) is 4.52. The zero-order valence-corrected chi connectivity index (χ0v) is 11.5. The van der Waals surface area contributed by atoms with E-state index in [1.165, 1.54) is 4.90 Å². The Labute approximate surface area is 117 Å². The maximum absolute atomic E-state index is 12.2. The highest BCUT2D eigenvalue weighted by Crippen LogP contribution is 2.18. The van der Waals surface area contributed by atoms with Gasteiger partial charge in [0.15, 0.2) is 6.04 Å². The highest BCUT2D eigenvalue weighted by molar-refractivity contribution is 5.93. The van der Waals surface area contributed by atoms with Crippen molar-refractivity contribution in [2.75, 3.05) is 25.1 Å². The van der Waals surface area contributed by atoms with Crippen LogP contribution in [0.25, 0.3) is 0 Å². The molecule has 0 radical (unpaired) electrons. The summed E-state index contributed by atoms with van der Waals surface area (Å²) < 4.78 is 5.11. The third-order valence-corrected chi connectivity index (χ3v) is 3.30. The molecule has 1 aliphatic rings. The Balaban J connectivity index is 2.12. The fraction of sp³-hybridized carbons (Fsp3) is 0.429. The molecule has 108 valence electrons. The molecule has 6 heteroatoms. The standard InChI is InChI=1S/C14H18N2O4/c1-9-3-4-11(10(2)7-9)15-14(19)16-5-6-20-8-12(16)13(17)18/h3-4,7,12H,5-6,8H2,1-2H3,(H,15,19)(H,17,18). The van der Waals surface area contributed by atoms with E-state index in [1.54, 1.807) is 0 Å². The van der Waals surface area contributed by atoms with E-state index in [1.807, 2.05) is 32.0 Å². The van der Waals surface area contributed by atoms with Gasteiger partial charge in [-0.05, 0) is 25.5 Å². The number of morpholine rings is 1. The molecule has 1 fully saturated rings. The first-order valence-electron chi connectivity index (χ1n) is 6.44. The normalized spacial score (nSPS) is 18.7. The first kappa shape index (κ1) is 14.3.